The summed E-state index contributed by atoms with van der Waals surface area (Å²) in [7, 11) is 0. The maximum Gasteiger partial charge on any atom is 0.124 e. The van der Waals surface area contributed by atoms with E-state index in [4.69, 9.17) is 5.73 Å². The van der Waals surface area contributed by atoms with Crippen molar-refractivity contribution in [3.8, 4) is 0 Å². The molecule has 0 saturated carbocycles. The molecule has 0 bridgehead atoms. The van der Waals surface area contributed by atoms with E-state index < -0.39 is 12.1 Å². The number of nitrogens with two attached hydrogens (primary N) is 1. The minimum atomic E-state index is -0.651. The molecule has 13 heavy (non-hydrogen) atoms. The lowest BCUT2D eigenvalue weighted by atomic mass is 10.0. The summed E-state index contributed by atoms with van der Waals surface area (Å²) in [6.07, 6.45) is -0.651. The Kier molecular flexibility index (Phi) is 3.41. The molecule has 1 unspecified atom stereocenters. The third kappa shape index (κ3) is 2.49. The molecule has 2 atom stereocenters. The predicted octanol–water partition coefficient (Wildman–Crippen LogP) is 1.97. The lowest BCUT2D eigenvalue weighted by Gasteiger charge is -2.16. The summed E-state index contributed by atoms with van der Waals surface area (Å²) >= 11 is 3.18. The summed E-state index contributed by atoms with van der Waals surface area (Å²) in [4.78, 5) is 0. The van der Waals surface area contributed by atoms with Crippen molar-refractivity contribution in [2.75, 3.05) is 0 Å². The van der Waals surface area contributed by atoms with Gasteiger partial charge >= 0.3 is 0 Å². The molecule has 0 amide bonds. The first kappa shape index (κ1) is 10.6. The highest BCUT2D eigenvalue weighted by molar-refractivity contribution is 9.10. The lowest BCUT2D eigenvalue weighted by Crippen LogP contribution is -2.23. The van der Waals surface area contributed by atoms with Crippen molar-refractivity contribution >= 4 is 15.9 Å². The lowest BCUT2D eigenvalue weighted by molar-refractivity contribution is 0.164. The Hall–Kier alpha value is -0.450. The van der Waals surface area contributed by atoms with Crippen LogP contribution in [0.4, 0.5) is 4.39 Å². The second-order valence-corrected chi connectivity index (χ2v) is 3.79. The van der Waals surface area contributed by atoms with Crippen LogP contribution >= 0.6 is 15.9 Å². The number of aliphatic hydroxyl groups is 1. The van der Waals surface area contributed by atoms with Gasteiger partial charge in [0.2, 0.25) is 0 Å². The van der Waals surface area contributed by atoms with Crippen molar-refractivity contribution in [3.63, 3.8) is 0 Å². The van der Waals surface area contributed by atoms with Gasteiger partial charge in [-0.25, -0.2) is 4.39 Å². The van der Waals surface area contributed by atoms with Crippen LogP contribution in [0.2, 0.25) is 0 Å². The molecule has 0 aliphatic heterocycles. The van der Waals surface area contributed by atoms with E-state index in [0.717, 1.165) is 0 Å². The normalized spacial score (nSPS) is 15.5. The third-order valence-electron chi connectivity index (χ3n) is 1.84. The topological polar surface area (TPSA) is 46.2 Å². The standard InChI is InChI=1S/C9H11BrFNO/c1-5(13)9(12)7-3-2-6(11)4-8(7)10/h2-5,9,13H,12H2,1H3/t5?,9-/m0/s1. The van der Waals surface area contributed by atoms with Crippen LogP contribution in [0.15, 0.2) is 22.7 Å². The van der Waals surface area contributed by atoms with Gasteiger partial charge in [-0.1, -0.05) is 22.0 Å². The largest absolute Gasteiger partial charge is 0.391 e. The zero-order valence-corrected chi connectivity index (χ0v) is 8.75. The van der Waals surface area contributed by atoms with Crippen LogP contribution in [0.5, 0.6) is 0 Å². The molecular weight excluding hydrogens is 237 g/mol. The molecular formula is C9H11BrFNO. The zero-order valence-electron chi connectivity index (χ0n) is 7.17. The fraction of sp³-hybridized carbons (Fsp3) is 0.333. The molecule has 2 nitrogen and oxygen atoms in total. The summed E-state index contributed by atoms with van der Waals surface area (Å²) in [6.45, 7) is 1.60. The van der Waals surface area contributed by atoms with E-state index in [0.29, 0.717) is 10.0 Å². The highest BCUT2D eigenvalue weighted by Gasteiger charge is 2.14. The van der Waals surface area contributed by atoms with Gasteiger partial charge in [-0.3, -0.25) is 0 Å². The van der Waals surface area contributed by atoms with E-state index in [-0.39, 0.29) is 5.82 Å². The van der Waals surface area contributed by atoms with E-state index in [1.54, 1.807) is 13.0 Å². The summed E-state index contributed by atoms with van der Waals surface area (Å²) in [5, 5.41) is 9.23. The molecule has 0 spiro atoms. The van der Waals surface area contributed by atoms with E-state index in [9.17, 15) is 9.50 Å². The SMILES string of the molecule is CC(O)[C@H](N)c1ccc(F)cc1Br. The van der Waals surface area contributed by atoms with E-state index >= 15 is 0 Å². The molecule has 0 aromatic heterocycles. The average Bonchev–Trinajstić information content (AvgIpc) is 2.03. The summed E-state index contributed by atoms with van der Waals surface area (Å²) in [6, 6.07) is 3.73. The van der Waals surface area contributed by atoms with Crippen LogP contribution in [-0.4, -0.2) is 11.2 Å². The maximum atomic E-state index is 12.7. The van der Waals surface area contributed by atoms with Crippen molar-refractivity contribution in [3.05, 3.63) is 34.1 Å². The quantitative estimate of drug-likeness (QED) is 0.840. The fourth-order valence-electron chi connectivity index (χ4n) is 1.03. The van der Waals surface area contributed by atoms with Crippen molar-refractivity contribution in [2.45, 2.75) is 19.1 Å². The Labute approximate surface area is 84.7 Å². The molecule has 0 aliphatic rings. The minimum absolute atomic E-state index is 0.326. The Morgan fingerprint density at radius 1 is 1.54 bits per heavy atom. The minimum Gasteiger partial charge on any atom is -0.391 e. The van der Waals surface area contributed by atoms with Crippen LogP contribution in [0.1, 0.15) is 18.5 Å². The van der Waals surface area contributed by atoms with E-state index in [1.807, 2.05) is 0 Å². The number of aliphatic hydroxyl groups excluding tert-OH is 1. The molecule has 1 rings (SSSR count). The molecule has 0 saturated heterocycles. The predicted molar refractivity (Wildman–Crippen MR) is 52.7 cm³/mol. The maximum absolute atomic E-state index is 12.7. The van der Waals surface area contributed by atoms with Crippen LogP contribution in [0.25, 0.3) is 0 Å². The molecule has 3 N–H and O–H groups in total. The van der Waals surface area contributed by atoms with Gasteiger partial charge in [0.15, 0.2) is 0 Å². The second-order valence-electron chi connectivity index (χ2n) is 2.93. The van der Waals surface area contributed by atoms with Crippen LogP contribution in [0.3, 0.4) is 0 Å². The second kappa shape index (κ2) is 4.17. The monoisotopic (exact) mass is 247 g/mol. The number of halogens is 2. The molecule has 0 radical (unpaired) electrons. The number of rotatable bonds is 2. The first-order valence-electron chi connectivity index (χ1n) is 3.91. The molecule has 0 aliphatic carbocycles. The van der Waals surface area contributed by atoms with Gasteiger partial charge in [-0.05, 0) is 24.6 Å². The smallest absolute Gasteiger partial charge is 0.124 e. The van der Waals surface area contributed by atoms with E-state index in [1.165, 1.54) is 12.1 Å². The van der Waals surface area contributed by atoms with Crippen molar-refractivity contribution in [1.82, 2.24) is 0 Å². The highest BCUT2D eigenvalue weighted by atomic mass is 79.9. The molecule has 1 aromatic carbocycles. The van der Waals surface area contributed by atoms with E-state index in [2.05, 4.69) is 15.9 Å². The van der Waals surface area contributed by atoms with Gasteiger partial charge in [0.1, 0.15) is 5.82 Å². The van der Waals surface area contributed by atoms with Crippen LogP contribution < -0.4 is 5.73 Å². The molecule has 1 aromatic rings. The van der Waals surface area contributed by atoms with Gasteiger partial charge in [-0.2, -0.15) is 0 Å². The Balaban J connectivity index is 3.01. The Morgan fingerprint density at radius 2 is 2.15 bits per heavy atom. The third-order valence-corrected chi connectivity index (χ3v) is 2.53. The van der Waals surface area contributed by atoms with Crippen molar-refractivity contribution < 1.29 is 9.50 Å². The fourth-order valence-corrected chi connectivity index (χ4v) is 1.65. The molecule has 0 fully saturated rings. The van der Waals surface area contributed by atoms with Gasteiger partial charge in [0.25, 0.3) is 0 Å². The van der Waals surface area contributed by atoms with Crippen LogP contribution in [-0.2, 0) is 0 Å². The summed E-state index contributed by atoms with van der Waals surface area (Å²) in [5.41, 5.74) is 6.39. The highest BCUT2D eigenvalue weighted by Crippen LogP contribution is 2.24. The van der Waals surface area contributed by atoms with Gasteiger partial charge in [0.05, 0.1) is 12.1 Å². The number of hydrogen-bond donors (Lipinski definition) is 2. The number of benzene rings is 1. The first-order chi connectivity index (χ1) is 6.02. The Morgan fingerprint density at radius 3 is 2.62 bits per heavy atom. The molecule has 0 heterocycles. The van der Waals surface area contributed by atoms with Gasteiger partial charge in [-0.15, -0.1) is 0 Å². The molecule has 4 heteroatoms. The molecule has 72 valence electrons. The number of hydrogen-bond acceptors (Lipinski definition) is 2. The Bertz CT molecular complexity index is 304. The van der Waals surface area contributed by atoms with Crippen LogP contribution in [0, 0.1) is 5.82 Å². The van der Waals surface area contributed by atoms with Crippen molar-refractivity contribution in [2.24, 2.45) is 5.73 Å². The zero-order chi connectivity index (χ0) is 10.0. The van der Waals surface area contributed by atoms with Crippen molar-refractivity contribution in [1.29, 1.82) is 0 Å². The summed E-state index contributed by atoms with van der Waals surface area (Å²) in [5.74, 6) is -0.326. The van der Waals surface area contributed by atoms with Gasteiger partial charge in [0, 0.05) is 4.47 Å². The first-order valence-corrected chi connectivity index (χ1v) is 4.70. The van der Waals surface area contributed by atoms with Gasteiger partial charge < -0.3 is 10.8 Å². The average molecular weight is 248 g/mol. The summed E-state index contributed by atoms with van der Waals surface area (Å²) < 4.78 is 13.3.